The van der Waals surface area contributed by atoms with Crippen molar-refractivity contribution in [3.63, 3.8) is 0 Å². The van der Waals surface area contributed by atoms with Gasteiger partial charge in [-0.05, 0) is 48.2 Å². The van der Waals surface area contributed by atoms with Gasteiger partial charge in [-0.2, -0.15) is 11.3 Å². The van der Waals surface area contributed by atoms with E-state index in [-0.39, 0.29) is 22.6 Å². The van der Waals surface area contributed by atoms with Crippen molar-refractivity contribution >= 4 is 28.1 Å². The molecule has 1 aliphatic rings. The van der Waals surface area contributed by atoms with Crippen molar-refractivity contribution in [3.8, 4) is 0 Å². The Bertz CT molecular complexity index is 1070. The molecule has 1 atom stereocenters. The number of nitrogens with zero attached hydrogens (tertiary/aromatic N) is 1. The van der Waals surface area contributed by atoms with E-state index in [9.17, 15) is 18.4 Å². The summed E-state index contributed by atoms with van der Waals surface area (Å²) in [7, 11) is 0. The van der Waals surface area contributed by atoms with Crippen LogP contribution < -0.4 is 10.7 Å². The van der Waals surface area contributed by atoms with Crippen LogP contribution >= 0.6 is 11.3 Å². The standard InChI is InChI=1S/C19H16F2N2O2S/c1-10-2-3-12-16(21)15(20)6-13-17(12)23(10)8-14(18(13)24)19(25)22-7-11-4-5-26-9-11/h4-6,8-10H,2-3,7H2,1H3,(H,22,25)/t10-/m1/s1. The number of thiophene rings is 1. The van der Waals surface area contributed by atoms with Gasteiger partial charge in [0.05, 0.1) is 5.52 Å². The summed E-state index contributed by atoms with van der Waals surface area (Å²) in [4.78, 5) is 25.3. The molecule has 0 bridgehead atoms. The summed E-state index contributed by atoms with van der Waals surface area (Å²) in [5.74, 6) is -2.48. The number of halogens is 2. The summed E-state index contributed by atoms with van der Waals surface area (Å²) in [6, 6.07) is 2.77. The first-order valence-electron chi connectivity index (χ1n) is 8.32. The third-order valence-electron chi connectivity index (χ3n) is 4.87. The van der Waals surface area contributed by atoms with Crippen LogP contribution in [-0.4, -0.2) is 10.5 Å². The van der Waals surface area contributed by atoms with Crippen molar-refractivity contribution in [1.82, 2.24) is 9.88 Å². The molecule has 1 amide bonds. The lowest BCUT2D eigenvalue weighted by Gasteiger charge is -2.27. The molecule has 0 radical (unpaired) electrons. The molecule has 1 aromatic carbocycles. The smallest absolute Gasteiger partial charge is 0.257 e. The number of aryl methyl sites for hydroxylation is 1. The predicted octanol–water partition coefficient (Wildman–Crippen LogP) is 3.78. The van der Waals surface area contributed by atoms with Crippen molar-refractivity contribution in [2.24, 2.45) is 0 Å². The molecule has 0 fully saturated rings. The van der Waals surface area contributed by atoms with E-state index in [2.05, 4.69) is 5.32 Å². The van der Waals surface area contributed by atoms with Crippen LogP contribution in [0, 0.1) is 11.6 Å². The van der Waals surface area contributed by atoms with E-state index in [0.717, 1.165) is 11.6 Å². The highest BCUT2D eigenvalue weighted by atomic mass is 32.1. The van der Waals surface area contributed by atoms with Crippen LogP contribution in [0.1, 0.15) is 40.9 Å². The molecule has 26 heavy (non-hydrogen) atoms. The Labute approximate surface area is 152 Å². The second-order valence-corrected chi connectivity index (χ2v) is 7.31. The fourth-order valence-corrected chi connectivity index (χ4v) is 4.11. The zero-order valence-corrected chi connectivity index (χ0v) is 14.8. The third kappa shape index (κ3) is 2.63. The van der Waals surface area contributed by atoms with Gasteiger partial charge in [-0.25, -0.2) is 8.78 Å². The molecular formula is C19H16F2N2O2S. The van der Waals surface area contributed by atoms with Crippen LogP contribution in [0.25, 0.3) is 10.9 Å². The Kier molecular flexibility index (Phi) is 4.11. The SMILES string of the molecule is C[C@@H]1CCc2c(F)c(F)cc3c(=O)c(C(=O)NCc4ccsc4)cn1c23. The van der Waals surface area contributed by atoms with E-state index in [1.54, 1.807) is 4.57 Å². The first-order valence-corrected chi connectivity index (χ1v) is 9.26. The zero-order chi connectivity index (χ0) is 18.4. The molecule has 0 saturated heterocycles. The molecule has 7 heteroatoms. The Hall–Kier alpha value is -2.54. The van der Waals surface area contributed by atoms with Gasteiger partial charge in [0.15, 0.2) is 11.6 Å². The van der Waals surface area contributed by atoms with Crippen LogP contribution in [0.2, 0.25) is 0 Å². The lowest BCUT2D eigenvalue weighted by atomic mass is 9.95. The van der Waals surface area contributed by atoms with Gasteiger partial charge in [-0.1, -0.05) is 0 Å². The van der Waals surface area contributed by atoms with Crippen LogP contribution in [-0.2, 0) is 13.0 Å². The molecule has 4 rings (SSSR count). The summed E-state index contributed by atoms with van der Waals surface area (Å²) in [5.41, 5.74) is 0.906. The molecule has 3 heterocycles. The first kappa shape index (κ1) is 16.9. The fraction of sp³-hybridized carbons (Fsp3) is 0.263. The number of nitrogens with one attached hydrogen (secondary N) is 1. The third-order valence-corrected chi connectivity index (χ3v) is 5.60. The van der Waals surface area contributed by atoms with Crippen molar-refractivity contribution in [2.45, 2.75) is 32.4 Å². The molecule has 1 N–H and O–H groups in total. The fourth-order valence-electron chi connectivity index (χ4n) is 3.45. The summed E-state index contributed by atoms with van der Waals surface area (Å²) < 4.78 is 29.9. The van der Waals surface area contributed by atoms with E-state index in [4.69, 9.17) is 0 Å². The van der Waals surface area contributed by atoms with Crippen molar-refractivity contribution in [1.29, 1.82) is 0 Å². The van der Waals surface area contributed by atoms with E-state index < -0.39 is 23.0 Å². The Balaban J connectivity index is 1.84. The summed E-state index contributed by atoms with van der Waals surface area (Å²) in [6.07, 6.45) is 2.45. The molecular weight excluding hydrogens is 358 g/mol. The van der Waals surface area contributed by atoms with Gasteiger partial charge in [0.25, 0.3) is 5.91 Å². The molecule has 4 nitrogen and oxygen atoms in total. The topological polar surface area (TPSA) is 51.1 Å². The van der Waals surface area contributed by atoms with Crippen molar-refractivity contribution < 1.29 is 13.6 Å². The lowest BCUT2D eigenvalue weighted by Crippen LogP contribution is -2.31. The average Bonchev–Trinajstić information content (AvgIpc) is 3.14. The minimum atomic E-state index is -1.05. The van der Waals surface area contributed by atoms with E-state index >= 15 is 0 Å². The highest BCUT2D eigenvalue weighted by molar-refractivity contribution is 7.07. The highest BCUT2D eigenvalue weighted by Gasteiger charge is 2.26. The number of aromatic nitrogens is 1. The minimum absolute atomic E-state index is 0.0149. The van der Waals surface area contributed by atoms with E-state index in [1.807, 2.05) is 23.8 Å². The van der Waals surface area contributed by atoms with Crippen LogP contribution in [0.5, 0.6) is 0 Å². The number of hydrogen-bond acceptors (Lipinski definition) is 3. The van der Waals surface area contributed by atoms with Gasteiger partial charge in [-0.15, -0.1) is 0 Å². The molecule has 0 saturated carbocycles. The molecule has 1 aliphatic heterocycles. The maximum Gasteiger partial charge on any atom is 0.257 e. The van der Waals surface area contributed by atoms with Gasteiger partial charge in [0.2, 0.25) is 5.43 Å². The number of carbonyl (C=O) groups is 1. The average molecular weight is 374 g/mol. The molecule has 0 unspecified atom stereocenters. The first-order chi connectivity index (χ1) is 12.5. The second-order valence-electron chi connectivity index (χ2n) is 6.53. The molecule has 134 valence electrons. The number of amides is 1. The molecule has 3 aromatic rings. The number of rotatable bonds is 3. The Morgan fingerprint density at radius 1 is 1.42 bits per heavy atom. The quantitative estimate of drug-likeness (QED) is 0.759. The second kappa shape index (κ2) is 6.32. The van der Waals surface area contributed by atoms with Crippen molar-refractivity contribution in [2.75, 3.05) is 0 Å². The molecule has 0 spiro atoms. The number of hydrogen-bond donors (Lipinski definition) is 1. The van der Waals surface area contributed by atoms with Crippen LogP contribution in [0.3, 0.4) is 0 Å². The van der Waals surface area contributed by atoms with Gasteiger partial charge in [0, 0.05) is 29.7 Å². The van der Waals surface area contributed by atoms with Crippen LogP contribution in [0.15, 0.2) is 33.9 Å². The molecule has 2 aromatic heterocycles. The van der Waals surface area contributed by atoms with Crippen LogP contribution in [0.4, 0.5) is 8.78 Å². The van der Waals surface area contributed by atoms with Gasteiger partial charge < -0.3 is 9.88 Å². The normalized spacial score (nSPS) is 16.0. The molecule has 0 aliphatic carbocycles. The maximum atomic E-state index is 14.2. The predicted molar refractivity (Wildman–Crippen MR) is 96.6 cm³/mol. The summed E-state index contributed by atoms with van der Waals surface area (Å²) in [6.45, 7) is 2.24. The number of carbonyl (C=O) groups excluding carboxylic acids is 1. The van der Waals surface area contributed by atoms with E-state index in [1.165, 1.54) is 17.5 Å². The van der Waals surface area contributed by atoms with Gasteiger partial charge in [-0.3, -0.25) is 9.59 Å². The highest BCUT2D eigenvalue weighted by Crippen LogP contribution is 2.32. The zero-order valence-electron chi connectivity index (χ0n) is 14.0. The van der Waals surface area contributed by atoms with Crippen molar-refractivity contribution in [3.05, 3.63) is 67.6 Å². The lowest BCUT2D eigenvalue weighted by molar-refractivity contribution is 0.0949. The number of benzene rings is 1. The van der Waals surface area contributed by atoms with E-state index in [0.29, 0.717) is 24.9 Å². The maximum absolute atomic E-state index is 14.2. The van der Waals surface area contributed by atoms with Gasteiger partial charge in [0.1, 0.15) is 5.56 Å². The monoisotopic (exact) mass is 374 g/mol. The Morgan fingerprint density at radius 2 is 2.23 bits per heavy atom. The van der Waals surface area contributed by atoms with Gasteiger partial charge >= 0.3 is 0 Å². The minimum Gasteiger partial charge on any atom is -0.348 e. The summed E-state index contributed by atoms with van der Waals surface area (Å²) in [5, 5.41) is 6.57. The Morgan fingerprint density at radius 3 is 2.96 bits per heavy atom. The summed E-state index contributed by atoms with van der Waals surface area (Å²) >= 11 is 1.52. The largest absolute Gasteiger partial charge is 0.348 e. The number of pyridine rings is 1.